The van der Waals surface area contributed by atoms with Crippen molar-refractivity contribution in [1.82, 2.24) is 5.32 Å². The molecule has 1 aliphatic rings. The fraction of sp³-hybridized carbons (Fsp3) is 0.500. The minimum atomic E-state index is -0.805. The van der Waals surface area contributed by atoms with Crippen LogP contribution in [0.5, 0.6) is 23.0 Å². The minimum Gasteiger partial charge on any atom is -0.493 e. The van der Waals surface area contributed by atoms with Crippen molar-refractivity contribution in [2.24, 2.45) is 0 Å². The molecule has 0 saturated carbocycles. The van der Waals surface area contributed by atoms with Gasteiger partial charge in [-0.05, 0) is 64.3 Å². The van der Waals surface area contributed by atoms with Crippen molar-refractivity contribution in [3.8, 4) is 23.0 Å². The molecule has 8 heteroatoms. The molecule has 2 aromatic rings. The van der Waals surface area contributed by atoms with E-state index in [4.69, 9.17) is 18.9 Å². The molecule has 1 unspecified atom stereocenters. The van der Waals surface area contributed by atoms with Crippen molar-refractivity contribution in [1.29, 1.82) is 0 Å². The van der Waals surface area contributed by atoms with Crippen molar-refractivity contribution in [2.75, 3.05) is 27.1 Å². The van der Waals surface area contributed by atoms with Gasteiger partial charge in [0.1, 0.15) is 12.7 Å². The maximum absolute atomic E-state index is 10.6. The third kappa shape index (κ3) is 7.44. The number of aliphatic hydroxyl groups is 1. The molecular formula is C24H33BrClNO5. The van der Waals surface area contributed by atoms with Crippen LogP contribution in [0.15, 0.2) is 34.8 Å². The van der Waals surface area contributed by atoms with E-state index in [9.17, 15) is 5.11 Å². The second-order valence-electron chi connectivity index (χ2n) is 7.64. The molecule has 3 rings (SSSR count). The van der Waals surface area contributed by atoms with Crippen molar-refractivity contribution >= 4 is 28.3 Å². The Labute approximate surface area is 205 Å². The van der Waals surface area contributed by atoms with E-state index in [0.29, 0.717) is 28.6 Å². The van der Waals surface area contributed by atoms with Crippen LogP contribution in [0, 0.1) is 0 Å². The summed E-state index contributed by atoms with van der Waals surface area (Å²) in [6, 6.07) is 9.37. The second kappa shape index (κ2) is 13.8. The smallest absolute Gasteiger partial charge is 0.231 e. The van der Waals surface area contributed by atoms with Gasteiger partial charge in [0.05, 0.1) is 11.6 Å². The lowest BCUT2D eigenvalue weighted by atomic mass is 10.1. The topological polar surface area (TPSA) is 69.2 Å². The van der Waals surface area contributed by atoms with Crippen molar-refractivity contribution < 1.29 is 24.1 Å². The Morgan fingerprint density at radius 3 is 2.66 bits per heavy atom. The second-order valence-corrected chi connectivity index (χ2v) is 8.49. The van der Waals surface area contributed by atoms with Gasteiger partial charge in [-0.2, -0.15) is 0 Å². The van der Waals surface area contributed by atoms with Gasteiger partial charge in [0, 0.05) is 6.54 Å². The zero-order valence-corrected chi connectivity index (χ0v) is 21.1. The number of benzene rings is 2. The zero-order valence-electron chi connectivity index (χ0n) is 18.7. The van der Waals surface area contributed by atoms with E-state index in [0.717, 1.165) is 23.1 Å². The number of rotatable bonds is 13. The molecule has 1 heterocycles. The first-order valence-electron chi connectivity index (χ1n) is 10.9. The summed E-state index contributed by atoms with van der Waals surface area (Å²) >= 11 is 3.59. The summed E-state index contributed by atoms with van der Waals surface area (Å²) in [4.78, 5) is 0. The first kappa shape index (κ1) is 26.6. The molecule has 0 fully saturated rings. The summed E-state index contributed by atoms with van der Waals surface area (Å²) in [6.07, 6.45) is 5.55. The average molecular weight is 531 g/mol. The van der Waals surface area contributed by atoms with Crippen molar-refractivity contribution in [2.45, 2.75) is 51.7 Å². The molecule has 0 aliphatic carbocycles. The summed E-state index contributed by atoms with van der Waals surface area (Å²) in [5.41, 5.74) is 1.82. The lowest BCUT2D eigenvalue weighted by Gasteiger charge is -2.17. The predicted octanol–water partition coefficient (Wildman–Crippen LogP) is 5.78. The number of hydrogen-bond acceptors (Lipinski definition) is 6. The minimum absolute atomic E-state index is 0. The van der Waals surface area contributed by atoms with Gasteiger partial charge >= 0.3 is 0 Å². The third-order valence-electron chi connectivity index (χ3n) is 5.24. The molecule has 32 heavy (non-hydrogen) atoms. The van der Waals surface area contributed by atoms with Crippen LogP contribution in [-0.4, -0.2) is 32.2 Å². The summed E-state index contributed by atoms with van der Waals surface area (Å²) in [5, 5.41) is 14.0. The van der Waals surface area contributed by atoms with E-state index < -0.39 is 6.10 Å². The fourth-order valence-corrected chi connectivity index (χ4v) is 4.08. The van der Waals surface area contributed by atoms with Crippen LogP contribution >= 0.6 is 28.3 Å². The molecule has 1 aliphatic heterocycles. The number of halogens is 2. The zero-order chi connectivity index (χ0) is 22.1. The highest BCUT2D eigenvalue weighted by molar-refractivity contribution is 9.10. The van der Waals surface area contributed by atoms with Gasteiger partial charge in [-0.15, -0.1) is 12.4 Å². The normalized spacial score (nSPS) is 12.9. The quantitative estimate of drug-likeness (QED) is 0.320. The Morgan fingerprint density at radius 1 is 1.09 bits per heavy atom. The predicted molar refractivity (Wildman–Crippen MR) is 131 cm³/mol. The molecule has 0 amide bonds. The highest BCUT2D eigenvalue weighted by atomic mass is 79.9. The van der Waals surface area contributed by atoms with Crippen molar-refractivity contribution in [3.05, 3.63) is 45.9 Å². The van der Waals surface area contributed by atoms with E-state index in [2.05, 4.69) is 28.2 Å². The Morgan fingerprint density at radius 2 is 1.88 bits per heavy atom. The molecule has 1 atom stereocenters. The van der Waals surface area contributed by atoms with E-state index in [1.165, 1.54) is 32.1 Å². The van der Waals surface area contributed by atoms with Gasteiger partial charge in [-0.1, -0.05) is 38.7 Å². The number of hydrogen-bond donors (Lipinski definition) is 2. The van der Waals surface area contributed by atoms with E-state index in [1.54, 1.807) is 19.2 Å². The van der Waals surface area contributed by atoms with Crippen LogP contribution < -0.4 is 24.3 Å². The molecule has 0 saturated heterocycles. The molecule has 0 radical (unpaired) electrons. The third-order valence-corrected chi connectivity index (χ3v) is 5.83. The van der Waals surface area contributed by atoms with Crippen molar-refractivity contribution in [3.63, 3.8) is 0 Å². The molecule has 0 bridgehead atoms. The molecular weight excluding hydrogens is 498 g/mol. The SMILES string of the molecule is CCCCCCCNCc1cc(Br)c(OCC(O)c2ccc3c(c2)OCO3)c(OC)c1.Cl. The van der Waals surface area contributed by atoms with Crippen LogP contribution in [0.4, 0.5) is 0 Å². The molecule has 2 N–H and O–H groups in total. The summed E-state index contributed by atoms with van der Waals surface area (Å²) in [7, 11) is 1.62. The van der Waals surface area contributed by atoms with Gasteiger partial charge < -0.3 is 29.4 Å². The number of nitrogens with one attached hydrogen (secondary N) is 1. The first-order chi connectivity index (χ1) is 15.1. The first-order valence-corrected chi connectivity index (χ1v) is 11.7. The van der Waals surface area contributed by atoms with E-state index in [1.807, 2.05) is 18.2 Å². The molecule has 6 nitrogen and oxygen atoms in total. The van der Waals surface area contributed by atoms with Gasteiger partial charge in [0.25, 0.3) is 0 Å². The Bertz CT molecular complexity index is 851. The van der Waals surface area contributed by atoms with Gasteiger partial charge in [0.2, 0.25) is 6.79 Å². The largest absolute Gasteiger partial charge is 0.493 e. The highest BCUT2D eigenvalue weighted by Gasteiger charge is 2.19. The summed E-state index contributed by atoms with van der Waals surface area (Å²) in [5.74, 6) is 2.53. The van der Waals surface area contributed by atoms with E-state index in [-0.39, 0.29) is 25.8 Å². The van der Waals surface area contributed by atoms with Gasteiger partial charge in [0.15, 0.2) is 23.0 Å². The van der Waals surface area contributed by atoms with Gasteiger partial charge in [-0.25, -0.2) is 0 Å². The fourth-order valence-electron chi connectivity index (χ4n) is 3.48. The highest BCUT2D eigenvalue weighted by Crippen LogP contribution is 2.38. The number of methoxy groups -OCH3 is 1. The van der Waals surface area contributed by atoms with Crippen LogP contribution in [0.1, 0.15) is 56.3 Å². The van der Waals surface area contributed by atoms with Crippen LogP contribution in [-0.2, 0) is 6.54 Å². The van der Waals surface area contributed by atoms with E-state index >= 15 is 0 Å². The Hall–Kier alpha value is -1.67. The number of unbranched alkanes of at least 4 members (excludes halogenated alkanes) is 4. The molecule has 178 valence electrons. The summed E-state index contributed by atoms with van der Waals surface area (Å²) < 4.78 is 22.9. The Kier molecular flexibility index (Phi) is 11.4. The van der Waals surface area contributed by atoms with Gasteiger partial charge in [-0.3, -0.25) is 0 Å². The lowest BCUT2D eigenvalue weighted by Crippen LogP contribution is -2.15. The standard InChI is InChI=1S/C24H32BrNO5.ClH/c1-3-4-5-6-7-10-26-14-17-11-19(25)24(23(12-17)28-2)29-15-20(27)18-8-9-21-22(13-18)31-16-30-21;/h8-9,11-13,20,26-27H,3-7,10,14-16H2,1-2H3;1H. The van der Waals surface area contributed by atoms with Crippen LogP contribution in [0.3, 0.4) is 0 Å². The molecule has 2 aromatic carbocycles. The lowest BCUT2D eigenvalue weighted by molar-refractivity contribution is 0.105. The molecule has 0 aromatic heterocycles. The number of fused-ring (bicyclic) bond motifs is 1. The number of aliphatic hydroxyl groups excluding tert-OH is 1. The average Bonchev–Trinajstić information content (AvgIpc) is 3.25. The van der Waals surface area contributed by atoms with Crippen LogP contribution in [0.25, 0.3) is 0 Å². The Balaban J connectivity index is 0.00000363. The maximum Gasteiger partial charge on any atom is 0.231 e. The monoisotopic (exact) mass is 529 g/mol. The number of ether oxygens (including phenoxy) is 4. The van der Waals surface area contributed by atoms with Crippen LogP contribution in [0.2, 0.25) is 0 Å². The summed E-state index contributed by atoms with van der Waals surface area (Å²) in [6.45, 7) is 4.29. The molecule has 0 spiro atoms. The maximum atomic E-state index is 10.6.